The largest absolute Gasteiger partial charge is 0.496 e. The normalized spacial score (nSPS) is 11.7. The van der Waals surface area contributed by atoms with Crippen molar-refractivity contribution in [2.24, 2.45) is 0 Å². The molecule has 1 aromatic heterocycles. The number of hydrogen-bond acceptors (Lipinski definition) is 3. The zero-order valence-electron chi connectivity index (χ0n) is 12.9. The fourth-order valence-corrected chi connectivity index (χ4v) is 2.51. The fraction of sp³-hybridized carbons (Fsp3) is 0.438. The molecule has 108 valence electrons. The molecule has 2 aromatic rings. The van der Waals surface area contributed by atoms with Gasteiger partial charge < -0.3 is 15.0 Å². The first kappa shape index (κ1) is 14.4. The number of benzene rings is 1. The van der Waals surface area contributed by atoms with Crippen LogP contribution in [0.25, 0.3) is 11.3 Å². The summed E-state index contributed by atoms with van der Waals surface area (Å²) in [6, 6.07) is 7.83. The van der Waals surface area contributed by atoms with Crippen LogP contribution in [0.1, 0.15) is 33.5 Å². The lowest BCUT2D eigenvalue weighted by Crippen LogP contribution is -2.25. The van der Waals surface area contributed by atoms with Crippen LogP contribution in [0.3, 0.4) is 0 Å². The maximum atomic E-state index is 6.37. The Hall–Kier alpha value is -1.97. The smallest absolute Gasteiger partial charge is 0.132 e. The number of aryl methyl sites for hydroxylation is 1. The van der Waals surface area contributed by atoms with Gasteiger partial charge in [-0.05, 0) is 32.9 Å². The van der Waals surface area contributed by atoms with Crippen LogP contribution in [-0.2, 0) is 12.0 Å². The fourth-order valence-electron chi connectivity index (χ4n) is 2.51. The molecule has 2 N–H and O–H groups in total. The molecule has 0 aliphatic heterocycles. The van der Waals surface area contributed by atoms with Gasteiger partial charge in [0.25, 0.3) is 0 Å². The summed E-state index contributed by atoms with van der Waals surface area (Å²) in [5.74, 6) is 2.48. The molecule has 4 heteroatoms. The van der Waals surface area contributed by atoms with Crippen molar-refractivity contribution < 1.29 is 4.74 Å². The molecule has 0 amide bonds. The Kier molecular flexibility index (Phi) is 3.75. The van der Waals surface area contributed by atoms with Crippen molar-refractivity contribution in [2.75, 3.05) is 12.8 Å². The zero-order chi connectivity index (χ0) is 14.9. The van der Waals surface area contributed by atoms with Gasteiger partial charge >= 0.3 is 0 Å². The van der Waals surface area contributed by atoms with Gasteiger partial charge in [-0.2, -0.15) is 0 Å². The molecule has 0 atom stereocenters. The van der Waals surface area contributed by atoms with Crippen molar-refractivity contribution in [1.82, 2.24) is 9.55 Å². The summed E-state index contributed by atoms with van der Waals surface area (Å²) >= 11 is 0. The third-order valence-electron chi connectivity index (χ3n) is 3.33. The number of imidazole rings is 1. The van der Waals surface area contributed by atoms with Crippen molar-refractivity contribution in [3.05, 3.63) is 30.1 Å². The Labute approximate surface area is 120 Å². The molecular formula is C16H23N3O. The molecular weight excluding hydrogens is 250 g/mol. The number of aromatic nitrogens is 2. The van der Waals surface area contributed by atoms with Gasteiger partial charge in [-0.25, -0.2) is 4.98 Å². The molecule has 4 nitrogen and oxygen atoms in total. The molecule has 0 aliphatic rings. The average Bonchev–Trinajstić information content (AvgIpc) is 2.75. The number of nitrogens with zero attached hydrogens (tertiary/aromatic N) is 2. The molecule has 0 radical (unpaired) electrons. The molecule has 1 heterocycles. The highest BCUT2D eigenvalue weighted by molar-refractivity contribution is 5.76. The van der Waals surface area contributed by atoms with Crippen LogP contribution < -0.4 is 10.5 Å². The van der Waals surface area contributed by atoms with E-state index in [0.29, 0.717) is 5.82 Å². The number of nitrogen functional groups attached to an aromatic ring is 1. The lowest BCUT2D eigenvalue weighted by Gasteiger charge is -2.24. The lowest BCUT2D eigenvalue weighted by molar-refractivity contribution is 0.389. The summed E-state index contributed by atoms with van der Waals surface area (Å²) in [7, 11) is 1.66. The minimum atomic E-state index is -0.0946. The molecule has 0 spiro atoms. The highest BCUT2D eigenvalue weighted by Crippen LogP contribution is 2.36. The number of anilines is 1. The Morgan fingerprint density at radius 2 is 1.90 bits per heavy atom. The van der Waals surface area contributed by atoms with Gasteiger partial charge in [0.15, 0.2) is 0 Å². The molecule has 1 aromatic carbocycles. The molecule has 20 heavy (non-hydrogen) atoms. The average molecular weight is 273 g/mol. The number of para-hydroxylation sites is 1. The van der Waals surface area contributed by atoms with Crippen molar-refractivity contribution in [1.29, 1.82) is 0 Å². The third kappa shape index (κ3) is 2.38. The van der Waals surface area contributed by atoms with E-state index in [4.69, 9.17) is 15.5 Å². The predicted molar refractivity (Wildman–Crippen MR) is 83.0 cm³/mol. The SMILES string of the molecule is CCc1nc(-c2ccccc2OC)c(N)n1C(C)(C)C. The van der Waals surface area contributed by atoms with E-state index in [1.807, 2.05) is 24.3 Å². The van der Waals surface area contributed by atoms with E-state index >= 15 is 0 Å². The maximum Gasteiger partial charge on any atom is 0.132 e. The van der Waals surface area contributed by atoms with Crippen LogP contribution in [-0.4, -0.2) is 16.7 Å². The maximum absolute atomic E-state index is 6.37. The van der Waals surface area contributed by atoms with Gasteiger partial charge in [0.1, 0.15) is 23.1 Å². The van der Waals surface area contributed by atoms with E-state index in [1.54, 1.807) is 7.11 Å². The molecule has 0 saturated carbocycles. The van der Waals surface area contributed by atoms with Crippen LogP contribution in [0.2, 0.25) is 0 Å². The first-order valence-corrected chi connectivity index (χ1v) is 6.91. The quantitative estimate of drug-likeness (QED) is 0.931. The van der Waals surface area contributed by atoms with E-state index < -0.39 is 0 Å². The van der Waals surface area contributed by atoms with Crippen LogP contribution in [0.5, 0.6) is 5.75 Å². The highest BCUT2D eigenvalue weighted by atomic mass is 16.5. The number of nitrogens with two attached hydrogens (primary N) is 1. The van der Waals surface area contributed by atoms with Crippen LogP contribution in [0, 0.1) is 0 Å². The monoisotopic (exact) mass is 273 g/mol. The summed E-state index contributed by atoms with van der Waals surface area (Å²) < 4.78 is 7.52. The lowest BCUT2D eigenvalue weighted by atomic mass is 10.1. The number of methoxy groups -OCH3 is 1. The summed E-state index contributed by atoms with van der Waals surface area (Å²) in [6.45, 7) is 8.50. The standard InChI is InChI=1S/C16H23N3O/c1-6-13-18-14(15(17)19(13)16(2,3)4)11-9-7-8-10-12(11)20-5/h7-10H,6,17H2,1-5H3. The minimum absolute atomic E-state index is 0.0946. The van der Waals surface area contributed by atoms with Gasteiger partial charge in [0.2, 0.25) is 0 Å². The van der Waals surface area contributed by atoms with Gasteiger partial charge in [0, 0.05) is 17.5 Å². The van der Waals surface area contributed by atoms with E-state index in [0.717, 1.165) is 29.3 Å². The number of rotatable bonds is 3. The minimum Gasteiger partial charge on any atom is -0.496 e. The molecule has 0 unspecified atom stereocenters. The third-order valence-corrected chi connectivity index (χ3v) is 3.33. The van der Waals surface area contributed by atoms with Gasteiger partial charge in [0.05, 0.1) is 7.11 Å². The Bertz CT molecular complexity index is 609. The van der Waals surface area contributed by atoms with E-state index in [-0.39, 0.29) is 5.54 Å². The summed E-state index contributed by atoms with van der Waals surface area (Å²) in [5, 5.41) is 0. The first-order valence-electron chi connectivity index (χ1n) is 6.91. The number of hydrogen-bond donors (Lipinski definition) is 1. The molecule has 2 rings (SSSR count). The molecule has 0 fully saturated rings. The summed E-state index contributed by atoms with van der Waals surface area (Å²) in [4.78, 5) is 4.73. The highest BCUT2D eigenvalue weighted by Gasteiger charge is 2.24. The van der Waals surface area contributed by atoms with Gasteiger partial charge in [-0.15, -0.1) is 0 Å². The van der Waals surface area contributed by atoms with Crippen molar-refractivity contribution in [2.45, 2.75) is 39.7 Å². The van der Waals surface area contributed by atoms with E-state index in [2.05, 4.69) is 32.3 Å². The molecule has 0 bridgehead atoms. The van der Waals surface area contributed by atoms with Crippen molar-refractivity contribution in [3.63, 3.8) is 0 Å². The Morgan fingerprint density at radius 3 is 2.40 bits per heavy atom. The second kappa shape index (κ2) is 5.19. The van der Waals surface area contributed by atoms with E-state index in [9.17, 15) is 0 Å². The van der Waals surface area contributed by atoms with Crippen LogP contribution in [0.4, 0.5) is 5.82 Å². The Balaban J connectivity index is 2.68. The topological polar surface area (TPSA) is 53.1 Å². The second-order valence-corrected chi connectivity index (χ2v) is 5.82. The number of ether oxygens (including phenoxy) is 1. The van der Waals surface area contributed by atoms with Gasteiger partial charge in [-0.1, -0.05) is 19.1 Å². The first-order chi connectivity index (χ1) is 9.40. The van der Waals surface area contributed by atoms with Crippen molar-refractivity contribution in [3.8, 4) is 17.0 Å². The predicted octanol–water partition coefficient (Wildman–Crippen LogP) is 3.46. The molecule has 0 saturated heterocycles. The van der Waals surface area contributed by atoms with Gasteiger partial charge in [-0.3, -0.25) is 0 Å². The molecule has 0 aliphatic carbocycles. The van der Waals surface area contributed by atoms with E-state index in [1.165, 1.54) is 0 Å². The summed E-state index contributed by atoms with van der Waals surface area (Å²) in [6.07, 6.45) is 0.844. The van der Waals surface area contributed by atoms with Crippen LogP contribution >= 0.6 is 0 Å². The second-order valence-electron chi connectivity index (χ2n) is 5.82. The summed E-state index contributed by atoms with van der Waals surface area (Å²) in [5.41, 5.74) is 8.01. The van der Waals surface area contributed by atoms with Crippen molar-refractivity contribution >= 4 is 5.82 Å². The Morgan fingerprint density at radius 1 is 1.25 bits per heavy atom. The zero-order valence-corrected chi connectivity index (χ0v) is 12.9. The van der Waals surface area contributed by atoms with Crippen LogP contribution in [0.15, 0.2) is 24.3 Å².